The molecule has 1 aromatic rings. The number of amides is 1. The summed E-state index contributed by atoms with van der Waals surface area (Å²) in [4.78, 5) is 12.0. The number of nitrogens with one attached hydrogen (secondary N) is 2. The van der Waals surface area contributed by atoms with Gasteiger partial charge >= 0.3 is 0 Å². The Morgan fingerprint density at radius 3 is 2.56 bits per heavy atom. The molecule has 0 aromatic heterocycles. The van der Waals surface area contributed by atoms with Crippen LogP contribution in [0.3, 0.4) is 0 Å². The molecule has 0 radical (unpaired) electrons. The molecule has 1 aromatic carbocycles. The molecule has 98 valence electrons. The van der Waals surface area contributed by atoms with Gasteiger partial charge in [-0.2, -0.15) is 0 Å². The summed E-state index contributed by atoms with van der Waals surface area (Å²) in [5, 5.41) is 6.24. The Kier molecular flexibility index (Phi) is 4.31. The van der Waals surface area contributed by atoms with Gasteiger partial charge < -0.3 is 10.6 Å². The van der Waals surface area contributed by atoms with Gasteiger partial charge in [0.05, 0.1) is 6.04 Å². The zero-order valence-corrected chi connectivity index (χ0v) is 10.6. The maximum atomic E-state index is 12.8. The van der Waals surface area contributed by atoms with Gasteiger partial charge in [-0.25, -0.2) is 4.39 Å². The van der Waals surface area contributed by atoms with Crippen molar-refractivity contribution >= 4 is 5.91 Å². The fourth-order valence-electron chi connectivity index (χ4n) is 2.25. The first-order chi connectivity index (χ1) is 8.66. The summed E-state index contributed by atoms with van der Waals surface area (Å²) in [6.45, 7) is 3.73. The molecule has 2 N–H and O–H groups in total. The van der Waals surface area contributed by atoms with Crippen LogP contribution >= 0.6 is 0 Å². The van der Waals surface area contributed by atoms with Crippen molar-refractivity contribution in [1.82, 2.24) is 10.6 Å². The first-order valence-electron chi connectivity index (χ1n) is 6.43. The SMILES string of the molecule is C[C@@H](NC(=O)C1CCNCC1)c1ccc(F)cc1. The summed E-state index contributed by atoms with van der Waals surface area (Å²) in [7, 11) is 0. The van der Waals surface area contributed by atoms with Crippen molar-refractivity contribution in [2.24, 2.45) is 5.92 Å². The lowest BCUT2D eigenvalue weighted by Crippen LogP contribution is -2.39. The maximum Gasteiger partial charge on any atom is 0.223 e. The van der Waals surface area contributed by atoms with Crippen LogP contribution < -0.4 is 10.6 Å². The van der Waals surface area contributed by atoms with E-state index >= 15 is 0 Å². The highest BCUT2D eigenvalue weighted by molar-refractivity contribution is 5.79. The van der Waals surface area contributed by atoms with E-state index in [-0.39, 0.29) is 23.7 Å². The normalized spacial score (nSPS) is 18.3. The minimum absolute atomic E-state index is 0.0759. The van der Waals surface area contributed by atoms with E-state index in [0.717, 1.165) is 31.5 Å². The fourth-order valence-corrected chi connectivity index (χ4v) is 2.25. The second-order valence-electron chi connectivity index (χ2n) is 4.81. The number of piperidine rings is 1. The molecule has 18 heavy (non-hydrogen) atoms. The van der Waals surface area contributed by atoms with E-state index in [9.17, 15) is 9.18 Å². The second kappa shape index (κ2) is 5.96. The Hall–Kier alpha value is -1.42. The highest BCUT2D eigenvalue weighted by Gasteiger charge is 2.22. The number of rotatable bonds is 3. The Bertz CT molecular complexity index is 399. The third-order valence-electron chi connectivity index (χ3n) is 3.44. The number of carbonyl (C=O) groups is 1. The van der Waals surface area contributed by atoms with Crippen molar-refractivity contribution in [1.29, 1.82) is 0 Å². The summed E-state index contributed by atoms with van der Waals surface area (Å²) in [5.41, 5.74) is 0.929. The standard InChI is InChI=1S/C14H19FN2O/c1-10(11-2-4-13(15)5-3-11)17-14(18)12-6-8-16-9-7-12/h2-5,10,12,16H,6-9H2,1H3,(H,17,18)/t10-/m1/s1. The summed E-state index contributed by atoms with van der Waals surface area (Å²) < 4.78 is 12.8. The van der Waals surface area contributed by atoms with E-state index in [4.69, 9.17) is 0 Å². The molecule has 1 heterocycles. The summed E-state index contributed by atoms with van der Waals surface area (Å²) >= 11 is 0. The van der Waals surface area contributed by atoms with Crippen LogP contribution in [0.4, 0.5) is 4.39 Å². The van der Waals surface area contributed by atoms with Gasteiger partial charge in [0.2, 0.25) is 5.91 Å². The number of hydrogen-bond donors (Lipinski definition) is 2. The largest absolute Gasteiger partial charge is 0.349 e. The minimum atomic E-state index is -0.254. The van der Waals surface area contributed by atoms with Gasteiger partial charge in [0.25, 0.3) is 0 Å². The van der Waals surface area contributed by atoms with E-state index in [0.29, 0.717) is 0 Å². The van der Waals surface area contributed by atoms with Gasteiger partial charge in [0.1, 0.15) is 5.82 Å². The smallest absolute Gasteiger partial charge is 0.223 e. The quantitative estimate of drug-likeness (QED) is 0.861. The highest BCUT2D eigenvalue weighted by atomic mass is 19.1. The predicted octanol–water partition coefficient (Wildman–Crippen LogP) is 2.00. The molecule has 2 rings (SSSR count). The Labute approximate surface area is 107 Å². The maximum absolute atomic E-state index is 12.8. The summed E-state index contributed by atoms with van der Waals surface area (Å²) in [6, 6.07) is 6.18. The van der Waals surface area contributed by atoms with Crippen molar-refractivity contribution in [3.63, 3.8) is 0 Å². The molecule has 0 saturated carbocycles. The molecular formula is C14H19FN2O. The number of halogens is 1. The molecule has 0 bridgehead atoms. The number of hydrogen-bond acceptors (Lipinski definition) is 2. The lowest BCUT2D eigenvalue weighted by molar-refractivity contribution is -0.126. The van der Waals surface area contributed by atoms with Gasteiger partial charge in [-0.15, -0.1) is 0 Å². The lowest BCUT2D eigenvalue weighted by Gasteiger charge is -2.24. The average molecular weight is 250 g/mol. The number of carbonyl (C=O) groups excluding carboxylic acids is 1. The van der Waals surface area contributed by atoms with Crippen molar-refractivity contribution in [3.05, 3.63) is 35.6 Å². The molecule has 0 aliphatic carbocycles. The van der Waals surface area contributed by atoms with E-state index in [1.807, 2.05) is 6.92 Å². The Morgan fingerprint density at radius 1 is 1.33 bits per heavy atom. The van der Waals surface area contributed by atoms with Gasteiger partial charge in [-0.3, -0.25) is 4.79 Å². The van der Waals surface area contributed by atoms with Crippen LogP contribution in [0.1, 0.15) is 31.4 Å². The van der Waals surface area contributed by atoms with Crippen LogP contribution in [0.15, 0.2) is 24.3 Å². The average Bonchev–Trinajstić information content (AvgIpc) is 2.40. The van der Waals surface area contributed by atoms with Crippen LogP contribution in [0, 0.1) is 11.7 Å². The molecular weight excluding hydrogens is 231 g/mol. The second-order valence-corrected chi connectivity index (χ2v) is 4.81. The van der Waals surface area contributed by atoms with Crippen molar-refractivity contribution < 1.29 is 9.18 Å². The molecule has 3 nitrogen and oxygen atoms in total. The number of benzene rings is 1. The zero-order valence-electron chi connectivity index (χ0n) is 10.6. The Morgan fingerprint density at radius 2 is 1.94 bits per heavy atom. The third kappa shape index (κ3) is 3.29. The molecule has 1 amide bonds. The molecule has 1 atom stereocenters. The van der Waals surface area contributed by atoms with Crippen molar-refractivity contribution in [2.75, 3.05) is 13.1 Å². The van der Waals surface area contributed by atoms with Crippen molar-refractivity contribution in [3.8, 4) is 0 Å². The first kappa shape index (κ1) is 13.0. The molecule has 1 saturated heterocycles. The lowest BCUT2D eigenvalue weighted by atomic mass is 9.96. The van der Waals surface area contributed by atoms with Crippen LogP contribution in [0.25, 0.3) is 0 Å². The van der Waals surface area contributed by atoms with E-state index in [1.54, 1.807) is 12.1 Å². The van der Waals surface area contributed by atoms with Gasteiger partial charge in [-0.05, 0) is 50.6 Å². The van der Waals surface area contributed by atoms with Crippen LogP contribution in [0.2, 0.25) is 0 Å². The predicted molar refractivity (Wildman–Crippen MR) is 68.6 cm³/mol. The van der Waals surface area contributed by atoms with E-state index in [2.05, 4.69) is 10.6 Å². The van der Waals surface area contributed by atoms with Crippen LogP contribution in [-0.2, 0) is 4.79 Å². The third-order valence-corrected chi connectivity index (χ3v) is 3.44. The molecule has 1 fully saturated rings. The topological polar surface area (TPSA) is 41.1 Å². The Balaban J connectivity index is 1.91. The highest BCUT2D eigenvalue weighted by Crippen LogP contribution is 2.16. The van der Waals surface area contributed by atoms with Gasteiger partial charge in [-0.1, -0.05) is 12.1 Å². The molecule has 1 aliphatic rings. The zero-order chi connectivity index (χ0) is 13.0. The van der Waals surface area contributed by atoms with E-state index < -0.39 is 0 Å². The van der Waals surface area contributed by atoms with Crippen LogP contribution in [-0.4, -0.2) is 19.0 Å². The monoisotopic (exact) mass is 250 g/mol. The molecule has 1 aliphatic heterocycles. The summed E-state index contributed by atoms with van der Waals surface area (Å²) in [6.07, 6.45) is 1.78. The molecule has 0 spiro atoms. The summed E-state index contributed by atoms with van der Waals surface area (Å²) in [5.74, 6) is -0.0434. The van der Waals surface area contributed by atoms with E-state index in [1.165, 1.54) is 12.1 Å². The van der Waals surface area contributed by atoms with Crippen molar-refractivity contribution in [2.45, 2.75) is 25.8 Å². The molecule has 4 heteroatoms. The fraction of sp³-hybridized carbons (Fsp3) is 0.500. The first-order valence-corrected chi connectivity index (χ1v) is 6.43. The van der Waals surface area contributed by atoms with Crippen LogP contribution in [0.5, 0.6) is 0 Å². The van der Waals surface area contributed by atoms with Gasteiger partial charge in [0.15, 0.2) is 0 Å². The van der Waals surface area contributed by atoms with Gasteiger partial charge in [0, 0.05) is 5.92 Å². The molecule has 0 unspecified atom stereocenters. The minimum Gasteiger partial charge on any atom is -0.349 e.